The van der Waals surface area contributed by atoms with Crippen molar-refractivity contribution >= 4 is 29.0 Å². The summed E-state index contributed by atoms with van der Waals surface area (Å²) in [5, 5.41) is 6.45. The number of anilines is 2. The Balaban J connectivity index is 1.94. The smallest absolute Gasteiger partial charge is 0.254 e. The molecule has 0 aliphatic rings. The number of methoxy groups -OCH3 is 1. The summed E-state index contributed by atoms with van der Waals surface area (Å²) in [7, 11) is 1.61. The Labute approximate surface area is 191 Å². The Hall–Kier alpha value is -3.10. The second-order valence-electron chi connectivity index (χ2n) is 7.42. The fraction of sp³-hybridized carbons (Fsp3) is 0.304. The zero-order chi connectivity index (χ0) is 23.1. The Morgan fingerprint density at radius 1 is 1.25 bits per heavy atom. The predicted octanol–water partition coefficient (Wildman–Crippen LogP) is 4.96. The van der Waals surface area contributed by atoms with Crippen LogP contribution in [0.1, 0.15) is 42.1 Å². The Bertz CT molecular complexity index is 1090. The van der Waals surface area contributed by atoms with Gasteiger partial charge in [-0.2, -0.15) is 0 Å². The Kier molecular flexibility index (Phi) is 8.08. The first-order valence-corrected chi connectivity index (χ1v) is 10.6. The van der Waals surface area contributed by atoms with Crippen LogP contribution in [-0.4, -0.2) is 41.1 Å². The van der Waals surface area contributed by atoms with Gasteiger partial charge in [-0.3, -0.25) is 9.78 Å². The van der Waals surface area contributed by atoms with Crippen LogP contribution in [0, 0.1) is 5.82 Å². The Morgan fingerprint density at radius 2 is 2.06 bits per heavy atom. The van der Waals surface area contributed by atoms with E-state index in [1.165, 1.54) is 24.4 Å². The van der Waals surface area contributed by atoms with Crippen molar-refractivity contribution < 1.29 is 13.9 Å². The van der Waals surface area contributed by atoms with E-state index >= 15 is 0 Å². The highest BCUT2D eigenvalue weighted by Gasteiger charge is 2.17. The molecule has 0 fully saturated rings. The van der Waals surface area contributed by atoms with Gasteiger partial charge < -0.3 is 15.4 Å². The number of rotatable bonds is 9. The van der Waals surface area contributed by atoms with E-state index in [0.29, 0.717) is 41.7 Å². The lowest BCUT2D eigenvalue weighted by Gasteiger charge is -2.17. The first kappa shape index (κ1) is 23.6. The number of halogens is 2. The molecule has 0 atom stereocenters. The summed E-state index contributed by atoms with van der Waals surface area (Å²) in [6.07, 6.45) is 5.42. The molecule has 0 spiro atoms. The van der Waals surface area contributed by atoms with Gasteiger partial charge in [-0.25, -0.2) is 14.4 Å². The van der Waals surface area contributed by atoms with Crippen molar-refractivity contribution in [2.45, 2.75) is 26.2 Å². The van der Waals surface area contributed by atoms with E-state index in [2.05, 4.69) is 25.6 Å². The average molecular weight is 458 g/mol. The topological polar surface area (TPSA) is 89.0 Å². The zero-order valence-corrected chi connectivity index (χ0v) is 18.9. The molecule has 3 aromatic rings. The quantitative estimate of drug-likeness (QED) is 0.441. The normalized spacial score (nSPS) is 10.9. The summed E-state index contributed by atoms with van der Waals surface area (Å²) < 4.78 is 19.4. The van der Waals surface area contributed by atoms with E-state index < -0.39 is 5.82 Å². The molecule has 9 heteroatoms. The number of carbonyl (C=O) groups excluding carboxylic acids is 1. The van der Waals surface area contributed by atoms with E-state index in [1.54, 1.807) is 25.6 Å². The SMILES string of the molecule is COCCCNC(=O)c1cnccc1Nc1nc(-c2cc(Cl)ccc2F)ncc1C(C)C. The van der Waals surface area contributed by atoms with Crippen LogP contribution in [0.5, 0.6) is 0 Å². The van der Waals surface area contributed by atoms with E-state index in [4.69, 9.17) is 16.3 Å². The molecular formula is C23H25ClFN5O2. The van der Waals surface area contributed by atoms with Crippen LogP contribution >= 0.6 is 11.6 Å². The molecule has 0 aliphatic heterocycles. The highest BCUT2D eigenvalue weighted by molar-refractivity contribution is 6.30. The van der Waals surface area contributed by atoms with Crippen LogP contribution in [0.4, 0.5) is 15.9 Å². The highest BCUT2D eigenvalue weighted by Crippen LogP contribution is 2.30. The maximum atomic E-state index is 14.4. The Morgan fingerprint density at radius 3 is 2.81 bits per heavy atom. The molecule has 32 heavy (non-hydrogen) atoms. The number of nitrogens with zero attached hydrogens (tertiary/aromatic N) is 3. The molecule has 168 valence electrons. The standard InChI is InChI=1S/C23H25ClFN5O2/c1-14(2)17-13-28-21(16-11-15(24)5-6-19(16)25)30-22(17)29-20-7-9-26-12-18(20)23(31)27-8-4-10-32-3/h5-7,9,11-14H,4,8,10H2,1-3H3,(H,27,31)(H,26,28,29,30). The van der Waals surface area contributed by atoms with Gasteiger partial charge in [0.05, 0.1) is 16.8 Å². The van der Waals surface area contributed by atoms with Crippen molar-refractivity contribution in [3.8, 4) is 11.4 Å². The van der Waals surface area contributed by atoms with Gasteiger partial charge in [0.1, 0.15) is 11.6 Å². The lowest BCUT2D eigenvalue weighted by molar-refractivity contribution is 0.0949. The molecule has 0 unspecified atom stereocenters. The number of nitrogens with one attached hydrogen (secondary N) is 2. The minimum atomic E-state index is -0.474. The molecule has 0 aliphatic carbocycles. The number of hydrogen-bond acceptors (Lipinski definition) is 6. The third-order valence-electron chi connectivity index (χ3n) is 4.74. The summed E-state index contributed by atoms with van der Waals surface area (Å²) in [5.74, 6) is 0.0140. The minimum Gasteiger partial charge on any atom is -0.385 e. The minimum absolute atomic E-state index is 0.0870. The lowest BCUT2D eigenvalue weighted by atomic mass is 10.1. The number of amides is 1. The van der Waals surface area contributed by atoms with E-state index in [9.17, 15) is 9.18 Å². The number of ether oxygens (including phenoxy) is 1. The van der Waals surface area contributed by atoms with Crippen LogP contribution in [-0.2, 0) is 4.74 Å². The average Bonchev–Trinajstić information content (AvgIpc) is 2.78. The maximum absolute atomic E-state index is 14.4. The van der Waals surface area contributed by atoms with Gasteiger partial charge in [-0.05, 0) is 36.6 Å². The maximum Gasteiger partial charge on any atom is 0.254 e. The molecule has 1 amide bonds. The number of aromatic nitrogens is 3. The van der Waals surface area contributed by atoms with E-state index in [1.807, 2.05) is 13.8 Å². The second kappa shape index (κ2) is 11.0. The van der Waals surface area contributed by atoms with Gasteiger partial charge in [0.15, 0.2) is 5.82 Å². The number of pyridine rings is 1. The predicted molar refractivity (Wildman–Crippen MR) is 123 cm³/mol. The van der Waals surface area contributed by atoms with Gasteiger partial charge in [0.25, 0.3) is 5.91 Å². The van der Waals surface area contributed by atoms with Crippen molar-refractivity contribution in [2.75, 3.05) is 25.6 Å². The molecule has 0 radical (unpaired) electrons. The molecule has 2 aromatic heterocycles. The summed E-state index contributed by atoms with van der Waals surface area (Å²) in [4.78, 5) is 25.6. The van der Waals surface area contributed by atoms with Crippen LogP contribution in [0.3, 0.4) is 0 Å². The van der Waals surface area contributed by atoms with Crippen molar-refractivity contribution in [3.63, 3.8) is 0 Å². The zero-order valence-electron chi connectivity index (χ0n) is 18.2. The van der Waals surface area contributed by atoms with Gasteiger partial charge in [-0.1, -0.05) is 25.4 Å². The third-order valence-corrected chi connectivity index (χ3v) is 4.97. The first-order chi connectivity index (χ1) is 15.4. The van der Waals surface area contributed by atoms with E-state index in [-0.39, 0.29) is 23.2 Å². The summed E-state index contributed by atoms with van der Waals surface area (Å²) in [6.45, 7) is 5.03. The van der Waals surface area contributed by atoms with Gasteiger partial charge in [-0.15, -0.1) is 0 Å². The first-order valence-electron chi connectivity index (χ1n) is 10.2. The van der Waals surface area contributed by atoms with Gasteiger partial charge in [0, 0.05) is 49.4 Å². The number of carbonyl (C=O) groups is 1. The lowest BCUT2D eigenvalue weighted by Crippen LogP contribution is -2.26. The largest absolute Gasteiger partial charge is 0.385 e. The summed E-state index contributed by atoms with van der Waals surface area (Å²) in [6, 6.07) is 5.92. The van der Waals surface area contributed by atoms with Gasteiger partial charge in [0.2, 0.25) is 0 Å². The van der Waals surface area contributed by atoms with Crippen molar-refractivity contribution in [1.82, 2.24) is 20.3 Å². The summed E-state index contributed by atoms with van der Waals surface area (Å²) >= 11 is 6.04. The molecule has 2 heterocycles. The molecule has 3 rings (SSSR count). The van der Waals surface area contributed by atoms with Crippen molar-refractivity contribution in [2.24, 2.45) is 0 Å². The van der Waals surface area contributed by atoms with Crippen molar-refractivity contribution in [1.29, 1.82) is 0 Å². The highest BCUT2D eigenvalue weighted by atomic mass is 35.5. The molecule has 1 aromatic carbocycles. The summed E-state index contributed by atoms with van der Waals surface area (Å²) in [5.41, 5.74) is 1.91. The van der Waals surface area contributed by atoms with Crippen LogP contribution in [0.15, 0.2) is 42.9 Å². The molecule has 7 nitrogen and oxygen atoms in total. The molecule has 0 bridgehead atoms. The van der Waals surface area contributed by atoms with Crippen LogP contribution in [0.25, 0.3) is 11.4 Å². The third kappa shape index (κ3) is 5.77. The monoisotopic (exact) mass is 457 g/mol. The van der Waals surface area contributed by atoms with Crippen LogP contribution in [0.2, 0.25) is 5.02 Å². The second-order valence-corrected chi connectivity index (χ2v) is 7.86. The number of benzene rings is 1. The molecule has 0 saturated heterocycles. The number of hydrogen-bond donors (Lipinski definition) is 2. The molecule has 0 saturated carbocycles. The van der Waals surface area contributed by atoms with Crippen molar-refractivity contribution in [3.05, 3.63) is 64.8 Å². The fourth-order valence-electron chi connectivity index (χ4n) is 3.04. The molecular weight excluding hydrogens is 433 g/mol. The van der Waals surface area contributed by atoms with E-state index in [0.717, 1.165) is 5.56 Å². The molecule has 2 N–H and O–H groups in total. The fourth-order valence-corrected chi connectivity index (χ4v) is 3.21. The van der Waals surface area contributed by atoms with Gasteiger partial charge >= 0.3 is 0 Å². The van der Waals surface area contributed by atoms with Crippen LogP contribution < -0.4 is 10.6 Å².